The van der Waals surface area contributed by atoms with Crippen LogP contribution >= 0.6 is 0 Å². The molecule has 0 saturated carbocycles. The molecule has 0 aliphatic carbocycles. The van der Waals surface area contributed by atoms with Gasteiger partial charge in [0, 0.05) is 0 Å². The molecule has 1 heterocycles. The third-order valence-corrected chi connectivity index (χ3v) is 3.04. The molecule has 1 rings (SSSR count). The first-order valence-corrected chi connectivity index (χ1v) is 4.43. The molecule has 1 unspecified atom stereocenters. The lowest BCUT2D eigenvalue weighted by Gasteiger charge is -2.53. The number of hydrogen-bond acceptors (Lipinski definition) is 2. The lowest BCUT2D eigenvalue weighted by Crippen LogP contribution is -2.75. The van der Waals surface area contributed by atoms with Gasteiger partial charge in [-0.3, -0.25) is 4.79 Å². The molecule has 1 aliphatic rings. The van der Waals surface area contributed by atoms with Gasteiger partial charge in [-0.15, -0.1) is 0 Å². The Kier molecular flexibility index (Phi) is 2.20. The van der Waals surface area contributed by atoms with Crippen LogP contribution in [-0.2, 0) is 4.79 Å². The molecule has 74 valence electrons. The summed E-state index contributed by atoms with van der Waals surface area (Å²) in [5.41, 5.74) is -0.407. The molecule has 1 N–H and O–H groups in total. The van der Waals surface area contributed by atoms with Crippen LogP contribution in [0.25, 0.3) is 0 Å². The molecular formula is C9H16NO3+. The Bertz CT molecular complexity index is 244. The van der Waals surface area contributed by atoms with E-state index in [2.05, 4.69) is 0 Å². The van der Waals surface area contributed by atoms with Crippen LogP contribution in [0.4, 0.5) is 4.79 Å². The topological polar surface area (TPSA) is 54.4 Å². The molecule has 0 bridgehead atoms. The van der Waals surface area contributed by atoms with Crippen molar-refractivity contribution >= 4 is 12.4 Å². The second kappa shape index (κ2) is 2.80. The monoisotopic (exact) mass is 186 g/mol. The van der Waals surface area contributed by atoms with Gasteiger partial charge in [0.2, 0.25) is 0 Å². The van der Waals surface area contributed by atoms with E-state index >= 15 is 0 Å². The zero-order valence-electron chi connectivity index (χ0n) is 8.28. The highest BCUT2D eigenvalue weighted by Gasteiger charge is 2.60. The predicted octanol–water partition coefficient (Wildman–Crippen LogP) is 1.25. The van der Waals surface area contributed by atoms with Gasteiger partial charge in [0.05, 0.1) is 13.0 Å². The summed E-state index contributed by atoms with van der Waals surface area (Å²) in [5, 5.41) is 9.13. The van der Waals surface area contributed by atoms with Crippen LogP contribution in [0.5, 0.6) is 0 Å². The average molecular weight is 186 g/mol. The summed E-state index contributed by atoms with van der Waals surface area (Å²) >= 11 is 0. The lowest BCUT2D eigenvalue weighted by atomic mass is 9.89. The van der Waals surface area contributed by atoms with Crippen LogP contribution in [0.15, 0.2) is 0 Å². The minimum absolute atomic E-state index is 0.115. The lowest BCUT2D eigenvalue weighted by molar-refractivity contribution is -0.954. The molecule has 4 nitrogen and oxygen atoms in total. The van der Waals surface area contributed by atoms with Crippen LogP contribution in [0, 0.1) is 0 Å². The molecule has 1 fully saturated rings. The standard InChI is InChI=1S/C9H15NO3/c1-9(2,3)10(8(12)13)5-4-7(10)6-11/h6-7H,4-5H2,1-3H3/p+1/t7-,10?/m0/s1. The number of likely N-dealkylation sites (tertiary alicyclic amines) is 1. The summed E-state index contributed by atoms with van der Waals surface area (Å²) in [4.78, 5) is 21.8. The number of nitrogens with zero attached hydrogens (tertiary/aromatic N) is 1. The first-order valence-electron chi connectivity index (χ1n) is 4.43. The van der Waals surface area contributed by atoms with Crippen molar-refractivity contribution in [2.45, 2.75) is 38.8 Å². The maximum atomic E-state index is 11.1. The molecule has 4 heteroatoms. The second-order valence-electron chi connectivity index (χ2n) is 4.54. The number of carbonyl (C=O) groups excluding carboxylic acids is 1. The SMILES string of the molecule is CC(C)(C)[N+]1(C(=O)O)CC[C@H]1C=O. The molecule has 0 aromatic carbocycles. The Morgan fingerprint density at radius 1 is 1.54 bits per heavy atom. The van der Waals surface area contributed by atoms with Crippen molar-refractivity contribution in [3.05, 3.63) is 0 Å². The fraction of sp³-hybridized carbons (Fsp3) is 0.778. The number of carboxylic acid groups (broad SMARTS) is 1. The van der Waals surface area contributed by atoms with E-state index in [1.807, 2.05) is 20.8 Å². The first kappa shape index (κ1) is 10.2. The van der Waals surface area contributed by atoms with E-state index in [-0.39, 0.29) is 10.5 Å². The van der Waals surface area contributed by atoms with Gasteiger partial charge >= 0.3 is 6.09 Å². The largest absolute Gasteiger partial charge is 0.514 e. The Balaban J connectivity index is 3.03. The van der Waals surface area contributed by atoms with Gasteiger partial charge < -0.3 is 5.11 Å². The molecule has 0 spiro atoms. The maximum absolute atomic E-state index is 11.1. The third-order valence-electron chi connectivity index (χ3n) is 3.04. The van der Waals surface area contributed by atoms with E-state index in [1.54, 1.807) is 0 Å². The minimum atomic E-state index is -0.893. The Labute approximate surface area is 77.7 Å². The summed E-state index contributed by atoms with van der Waals surface area (Å²) < 4.78 is -0.115. The molecule has 13 heavy (non-hydrogen) atoms. The molecule has 2 atom stereocenters. The number of rotatable bonds is 1. The Hall–Kier alpha value is -0.900. The number of carbonyl (C=O) groups is 2. The van der Waals surface area contributed by atoms with E-state index < -0.39 is 11.6 Å². The molecule has 1 amide bonds. The fourth-order valence-corrected chi connectivity index (χ4v) is 2.07. The van der Waals surface area contributed by atoms with E-state index in [0.717, 1.165) is 6.29 Å². The number of hydrogen-bond donors (Lipinski definition) is 1. The van der Waals surface area contributed by atoms with Gasteiger partial charge in [0.15, 0.2) is 12.3 Å². The predicted molar refractivity (Wildman–Crippen MR) is 47.4 cm³/mol. The van der Waals surface area contributed by atoms with Gasteiger partial charge in [-0.05, 0) is 20.8 Å². The van der Waals surface area contributed by atoms with Gasteiger partial charge in [-0.2, -0.15) is 4.79 Å². The van der Waals surface area contributed by atoms with E-state index in [1.165, 1.54) is 0 Å². The van der Waals surface area contributed by atoms with E-state index in [9.17, 15) is 9.59 Å². The number of quaternary nitrogens is 1. The summed E-state index contributed by atoms with van der Waals surface area (Å²) in [5.74, 6) is 0. The van der Waals surface area contributed by atoms with Crippen molar-refractivity contribution in [2.75, 3.05) is 6.54 Å². The van der Waals surface area contributed by atoms with Crippen LogP contribution in [-0.4, -0.2) is 40.1 Å². The summed E-state index contributed by atoms with van der Waals surface area (Å²) in [6.45, 7) is 6.13. The van der Waals surface area contributed by atoms with Crippen molar-refractivity contribution in [3.63, 3.8) is 0 Å². The normalized spacial score (nSPS) is 33.6. The molecule has 0 aromatic rings. The summed E-state index contributed by atoms with van der Waals surface area (Å²) in [6.07, 6.45) is 0.562. The van der Waals surface area contributed by atoms with Gasteiger partial charge in [-0.1, -0.05) is 0 Å². The Morgan fingerprint density at radius 3 is 2.15 bits per heavy atom. The summed E-state index contributed by atoms with van der Waals surface area (Å²) in [7, 11) is 0. The highest BCUT2D eigenvalue weighted by Crippen LogP contribution is 2.37. The Morgan fingerprint density at radius 2 is 2.08 bits per heavy atom. The zero-order valence-corrected chi connectivity index (χ0v) is 8.28. The minimum Gasteiger partial charge on any atom is -0.435 e. The molecule has 1 saturated heterocycles. The van der Waals surface area contributed by atoms with Crippen LogP contribution < -0.4 is 0 Å². The van der Waals surface area contributed by atoms with Gasteiger partial charge in [0.25, 0.3) is 0 Å². The van der Waals surface area contributed by atoms with Crippen molar-refractivity contribution < 1.29 is 19.2 Å². The van der Waals surface area contributed by atoms with E-state index in [4.69, 9.17) is 5.11 Å². The number of amides is 1. The maximum Gasteiger partial charge on any atom is 0.514 e. The highest BCUT2D eigenvalue weighted by atomic mass is 16.4. The molecule has 0 radical (unpaired) electrons. The fourth-order valence-electron chi connectivity index (χ4n) is 2.07. The van der Waals surface area contributed by atoms with Crippen molar-refractivity contribution in [1.82, 2.24) is 0 Å². The molecule has 0 aromatic heterocycles. The van der Waals surface area contributed by atoms with Crippen molar-refractivity contribution in [2.24, 2.45) is 0 Å². The quantitative estimate of drug-likeness (QED) is 0.495. The average Bonchev–Trinajstić information content (AvgIpc) is 1.81. The molecule has 1 aliphatic heterocycles. The zero-order chi connectivity index (χ0) is 10.3. The molecular weight excluding hydrogens is 170 g/mol. The van der Waals surface area contributed by atoms with Crippen LogP contribution in [0.2, 0.25) is 0 Å². The van der Waals surface area contributed by atoms with Gasteiger partial charge in [-0.25, -0.2) is 4.48 Å². The first-order chi connectivity index (χ1) is 5.86. The number of aldehydes is 1. The van der Waals surface area contributed by atoms with Crippen molar-refractivity contribution in [1.29, 1.82) is 0 Å². The van der Waals surface area contributed by atoms with E-state index in [0.29, 0.717) is 13.0 Å². The second-order valence-corrected chi connectivity index (χ2v) is 4.54. The summed E-state index contributed by atoms with van der Waals surface area (Å²) in [6, 6.07) is -0.363. The van der Waals surface area contributed by atoms with Crippen LogP contribution in [0.3, 0.4) is 0 Å². The smallest absolute Gasteiger partial charge is 0.435 e. The third kappa shape index (κ3) is 1.16. The van der Waals surface area contributed by atoms with Gasteiger partial charge in [0.1, 0.15) is 5.54 Å². The highest BCUT2D eigenvalue weighted by molar-refractivity contribution is 5.66. The van der Waals surface area contributed by atoms with Crippen molar-refractivity contribution in [3.8, 4) is 0 Å². The van der Waals surface area contributed by atoms with Crippen LogP contribution in [0.1, 0.15) is 27.2 Å².